The SMILES string of the molecule is C[C@@H]1CC[C@]2(C(=O)O[C@@H]3O[C@H](CO)[C@@H](O)[C@H](O)[C@H]3O)CC[C@]3(C(=O)O)C(=CC[C@@H]4[C@@]5(C)CC[C@H](O[C@@H]6O[C@H](C)[C@@H](O)[C@H](O)[C@H]6OS(=O)(=O)O)C(C)(C)[C@@H]5CC[C@]43C)[C@]2(C)[C@H]1C. The van der Waals surface area contributed by atoms with Crippen LogP contribution in [0.1, 0.15) is 113 Å². The van der Waals surface area contributed by atoms with Crippen molar-refractivity contribution in [2.75, 3.05) is 6.61 Å². The van der Waals surface area contributed by atoms with Crippen LogP contribution in [0.25, 0.3) is 0 Å². The molecule has 17 nitrogen and oxygen atoms in total. The van der Waals surface area contributed by atoms with Crippen LogP contribution in [0, 0.1) is 56.2 Å². The average Bonchev–Trinajstić information content (AvgIpc) is 3.18. The van der Waals surface area contributed by atoms with Crippen LogP contribution in [-0.2, 0) is 43.1 Å². The molecule has 5 aliphatic carbocycles. The Kier molecular flexibility index (Phi) is 12.1. The normalized spacial score (nSPS) is 52.0. The minimum Gasteiger partial charge on any atom is -0.481 e. The van der Waals surface area contributed by atoms with Gasteiger partial charge in [0.1, 0.15) is 36.6 Å². The number of esters is 1. The second-order valence-corrected chi connectivity index (χ2v) is 22.0. The maximum absolute atomic E-state index is 14.9. The van der Waals surface area contributed by atoms with Crippen molar-refractivity contribution in [1.82, 2.24) is 0 Å². The van der Waals surface area contributed by atoms with E-state index in [0.717, 1.165) is 5.57 Å². The highest BCUT2D eigenvalue weighted by molar-refractivity contribution is 7.80. The zero-order valence-corrected chi connectivity index (χ0v) is 37.3. The quantitative estimate of drug-likeness (QED) is 0.0752. The predicted molar refractivity (Wildman–Crippen MR) is 213 cm³/mol. The Labute approximate surface area is 358 Å². The smallest absolute Gasteiger partial charge is 0.397 e. The van der Waals surface area contributed by atoms with E-state index in [9.17, 15) is 58.3 Å². The van der Waals surface area contributed by atoms with Gasteiger partial charge in [-0.3, -0.25) is 14.1 Å². The highest BCUT2D eigenvalue weighted by atomic mass is 32.3. The van der Waals surface area contributed by atoms with E-state index in [4.69, 9.17) is 23.1 Å². The summed E-state index contributed by atoms with van der Waals surface area (Å²) < 4.78 is 61.9. The summed E-state index contributed by atoms with van der Waals surface area (Å²) in [6, 6.07) is 0. The maximum atomic E-state index is 14.9. The van der Waals surface area contributed by atoms with Crippen molar-refractivity contribution in [2.45, 2.75) is 181 Å². The minimum absolute atomic E-state index is 0.0181. The largest absolute Gasteiger partial charge is 0.481 e. The molecular weight excluding hydrogens is 821 g/mol. The van der Waals surface area contributed by atoms with Gasteiger partial charge in [-0.2, -0.15) is 8.42 Å². The van der Waals surface area contributed by atoms with Crippen LogP contribution in [0.2, 0.25) is 0 Å². The third-order valence-electron chi connectivity index (χ3n) is 18.4. The lowest BCUT2D eigenvalue weighted by Gasteiger charge is -2.72. The first kappa shape index (κ1) is 47.2. The molecular formula is C43H68O17S. The Morgan fingerprint density at radius 2 is 1.48 bits per heavy atom. The molecule has 7 aliphatic rings. The molecule has 2 saturated heterocycles. The molecule has 0 aromatic carbocycles. The summed E-state index contributed by atoms with van der Waals surface area (Å²) in [4.78, 5) is 29.2. The number of carbonyl (C=O) groups excluding carboxylic acids is 1. The summed E-state index contributed by atoms with van der Waals surface area (Å²) in [6.07, 6.45) is -9.76. The van der Waals surface area contributed by atoms with Crippen LogP contribution in [0.5, 0.6) is 0 Å². The van der Waals surface area contributed by atoms with Crippen molar-refractivity contribution in [1.29, 1.82) is 0 Å². The molecule has 2 heterocycles. The van der Waals surface area contributed by atoms with E-state index >= 15 is 0 Å². The number of carboxylic acid groups (broad SMARTS) is 1. The van der Waals surface area contributed by atoms with Crippen molar-refractivity contribution in [3.05, 3.63) is 11.6 Å². The second kappa shape index (κ2) is 15.7. The van der Waals surface area contributed by atoms with Gasteiger partial charge in [0.05, 0.1) is 29.6 Å². The molecule has 0 radical (unpaired) electrons. The number of hydrogen-bond acceptors (Lipinski definition) is 15. The number of aliphatic hydroxyl groups excluding tert-OH is 6. The number of aliphatic hydroxyl groups is 6. The number of hydrogen-bond donors (Lipinski definition) is 8. The third kappa shape index (κ3) is 6.73. The van der Waals surface area contributed by atoms with Gasteiger partial charge in [0, 0.05) is 5.41 Å². The lowest BCUT2D eigenvalue weighted by Crippen LogP contribution is -2.70. The van der Waals surface area contributed by atoms with Crippen LogP contribution >= 0.6 is 0 Å². The van der Waals surface area contributed by atoms with Crippen LogP contribution in [0.15, 0.2) is 11.6 Å². The summed E-state index contributed by atoms with van der Waals surface area (Å²) in [5.41, 5.74) is -4.66. The fourth-order valence-corrected chi connectivity index (χ4v) is 15.1. The molecule has 0 bridgehead atoms. The van der Waals surface area contributed by atoms with Gasteiger partial charge >= 0.3 is 22.3 Å². The van der Waals surface area contributed by atoms with Gasteiger partial charge in [-0.15, -0.1) is 0 Å². The zero-order valence-electron chi connectivity index (χ0n) is 36.5. The Morgan fingerprint density at radius 1 is 0.803 bits per heavy atom. The van der Waals surface area contributed by atoms with Crippen LogP contribution in [-0.4, -0.2) is 135 Å². The molecule has 6 fully saturated rings. The van der Waals surface area contributed by atoms with Gasteiger partial charge in [0.2, 0.25) is 6.29 Å². The highest BCUT2D eigenvalue weighted by Gasteiger charge is 2.77. The first-order valence-electron chi connectivity index (χ1n) is 22.0. The lowest BCUT2D eigenvalue weighted by molar-refractivity contribution is -0.320. The average molecular weight is 889 g/mol. The summed E-state index contributed by atoms with van der Waals surface area (Å²) in [5, 5.41) is 74.6. The molecule has 4 saturated carbocycles. The standard InChI is InChI=1S/C43H68O17S/c1-20-11-16-42(37(52)59-34-32(49)30(47)29(46)23(19-44)57-34)17-18-43(36(50)51)26(41(42,8)21(20)2)10-9-25-39(6)14-13-27(38(4,5)24(39)12-15-40(25,43)7)58-35-33(60-61(53,54)55)31(48)28(45)22(3)56-35/h10,20-25,27-35,44-49H,9,11-19H2,1-8H3,(H,50,51)(H,53,54,55)/t20-,21+,22-,23-,24+,25-,27+,28-,29-,30+,31+,32-,33-,34+,35+,39+,40-,41+,42-,43-/m1/s1. The number of aliphatic carboxylic acids is 1. The van der Waals surface area contributed by atoms with Crippen molar-refractivity contribution < 1.29 is 81.4 Å². The molecule has 2 aliphatic heterocycles. The van der Waals surface area contributed by atoms with Gasteiger partial charge in [0.15, 0.2) is 12.4 Å². The molecule has 8 N–H and O–H groups in total. The van der Waals surface area contributed by atoms with Crippen LogP contribution < -0.4 is 0 Å². The topological polar surface area (TPSA) is 276 Å². The molecule has 0 amide bonds. The zero-order chi connectivity index (χ0) is 45.2. The van der Waals surface area contributed by atoms with Crippen molar-refractivity contribution in [3.8, 4) is 0 Å². The molecule has 18 heteroatoms. The lowest BCUT2D eigenvalue weighted by atomic mass is 9.30. The predicted octanol–water partition coefficient (Wildman–Crippen LogP) is 2.48. The number of allylic oxidation sites excluding steroid dienone is 1. The number of ether oxygens (including phenoxy) is 4. The second-order valence-electron chi connectivity index (χ2n) is 21.0. The minimum atomic E-state index is -5.07. The summed E-state index contributed by atoms with van der Waals surface area (Å²) in [7, 11) is -5.07. The molecule has 0 aromatic rings. The van der Waals surface area contributed by atoms with E-state index in [0.29, 0.717) is 44.9 Å². The Hall–Kier alpha value is -1.81. The third-order valence-corrected chi connectivity index (χ3v) is 18.9. The van der Waals surface area contributed by atoms with E-state index in [1.807, 2.05) is 6.92 Å². The maximum Gasteiger partial charge on any atom is 0.397 e. The monoisotopic (exact) mass is 888 g/mol. The van der Waals surface area contributed by atoms with Gasteiger partial charge in [0.25, 0.3) is 0 Å². The molecule has 0 spiro atoms. The molecule has 61 heavy (non-hydrogen) atoms. The summed E-state index contributed by atoms with van der Waals surface area (Å²) in [5.74, 6) is -1.82. The van der Waals surface area contributed by atoms with Gasteiger partial charge in [-0.25, -0.2) is 4.18 Å². The number of carboxylic acids is 1. The first-order chi connectivity index (χ1) is 28.2. The van der Waals surface area contributed by atoms with E-state index in [-0.39, 0.29) is 36.5 Å². The van der Waals surface area contributed by atoms with E-state index in [1.165, 1.54) is 6.92 Å². The van der Waals surface area contributed by atoms with Crippen molar-refractivity contribution in [3.63, 3.8) is 0 Å². The number of fused-ring (bicyclic) bond motifs is 7. The number of rotatable bonds is 8. The fraction of sp³-hybridized carbons (Fsp3) is 0.907. The van der Waals surface area contributed by atoms with Crippen molar-refractivity contribution in [2.24, 2.45) is 56.2 Å². The van der Waals surface area contributed by atoms with Crippen LogP contribution in [0.3, 0.4) is 0 Å². The molecule has 0 aromatic heterocycles. The number of carbonyl (C=O) groups is 2. The van der Waals surface area contributed by atoms with Gasteiger partial charge < -0.3 is 54.7 Å². The van der Waals surface area contributed by atoms with Crippen LogP contribution in [0.4, 0.5) is 0 Å². The van der Waals surface area contributed by atoms with E-state index in [1.54, 1.807) is 0 Å². The molecule has 348 valence electrons. The van der Waals surface area contributed by atoms with E-state index in [2.05, 4.69) is 47.6 Å². The summed E-state index contributed by atoms with van der Waals surface area (Å²) in [6.45, 7) is 15.5. The Balaban J connectivity index is 1.23. The molecule has 20 atom stereocenters. The van der Waals surface area contributed by atoms with E-state index < -0.39 is 129 Å². The Bertz CT molecular complexity index is 1860. The fourth-order valence-electron chi connectivity index (χ4n) is 14.7. The van der Waals surface area contributed by atoms with Gasteiger partial charge in [-0.05, 0) is 110 Å². The summed E-state index contributed by atoms with van der Waals surface area (Å²) >= 11 is 0. The molecule has 7 rings (SSSR count). The Morgan fingerprint density at radius 3 is 2.10 bits per heavy atom. The highest BCUT2D eigenvalue weighted by Crippen LogP contribution is 2.79. The first-order valence-corrected chi connectivity index (χ1v) is 23.3. The van der Waals surface area contributed by atoms with Gasteiger partial charge in [-0.1, -0.05) is 54.5 Å². The van der Waals surface area contributed by atoms with Crippen molar-refractivity contribution >= 4 is 22.3 Å². The molecule has 0 unspecified atom stereocenters.